The van der Waals surface area contributed by atoms with Gasteiger partial charge in [-0.15, -0.1) is 0 Å². The van der Waals surface area contributed by atoms with Crippen LogP contribution in [0.1, 0.15) is 15.9 Å². The summed E-state index contributed by atoms with van der Waals surface area (Å²) in [6, 6.07) is 12.2. The van der Waals surface area contributed by atoms with Gasteiger partial charge >= 0.3 is 0 Å². The molecule has 0 unspecified atom stereocenters. The van der Waals surface area contributed by atoms with Gasteiger partial charge < -0.3 is 15.2 Å². The Kier molecular flexibility index (Phi) is 3.71. The first-order chi connectivity index (χ1) is 9.13. The highest BCUT2D eigenvalue weighted by Crippen LogP contribution is 2.26. The van der Waals surface area contributed by atoms with Crippen LogP contribution in [0.4, 0.5) is 5.69 Å². The molecular weight excluding hydrogens is 242 g/mol. The summed E-state index contributed by atoms with van der Waals surface area (Å²) in [5.74, 6) is 0.198. The lowest BCUT2D eigenvalue weighted by Gasteiger charge is -2.11. The number of carbonyl (C=O) groups is 1. The summed E-state index contributed by atoms with van der Waals surface area (Å²) < 4.78 is 5.16. The largest absolute Gasteiger partial charge is 0.507 e. The molecule has 2 aromatic rings. The number of ether oxygens (including phenoxy) is 1. The molecule has 98 valence electrons. The number of hydrogen-bond donors (Lipinski definition) is 2. The highest BCUT2D eigenvalue weighted by molar-refractivity contribution is 6.07. The van der Waals surface area contributed by atoms with E-state index in [9.17, 15) is 9.90 Å². The summed E-state index contributed by atoms with van der Waals surface area (Å²) in [6.45, 7) is 1.75. The number of nitrogens with one attached hydrogen (secondary N) is 1. The second kappa shape index (κ2) is 5.44. The van der Waals surface area contributed by atoms with Gasteiger partial charge in [-0.2, -0.15) is 0 Å². The third-order valence-electron chi connectivity index (χ3n) is 2.84. The molecule has 1 amide bonds. The van der Waals surface area contributed by atoms with Gasteiger partial charge in [0.15, 0.2) is 0 Å². The second-order valence-corrected chi connectivity index (χ2v) is 4.13. The predicted molar refractivity (Wildman–Crippen MR) is 73.8 cm³/mol. The van der Waals surface area contributed by atoms with Crippen LogP contribution in [-0.2, 0) is 0 Å². The first kappa shape index (κ1) is 13.0. The van der Waals surface area contributed by atoms with E-state index < -0.39 is 0 Å². The molecule has 19 heavy (non-hydrogen) atoms. The number of anilines is 1. The Hall–Kier alpha value is -2.49. The molecule has 2 rings (SSSR count). The quantitative estimate of drug-likeness (QED) is 0.888. The summed E-state index contributed by atoms with van der Waals surface area (Å²) in [5, 5.41) is 12.6. The zero-order valence-electron chi connectivity index (χ0n) is 10.8. The summed E-state index contributed by atoms with van der Waals surface area (Å²) in [5.41, 5.74) is 1.47. The van der Waals surface area contributed by atoms with Crippen LogP contribution in [0.3, 0.4) is 0 Å². The lowest BCUT2D eigenvalue weighted by molar-refractivity contribution is 0.102. The minimum Gasteiger partial charge on any atom is -0.507 e. The fourth-order valence-corrected chi connectivity index (χ4v) is 1.78. The van der Waals surface area contributed by atoms with Crippen molar-refractivity contribution in [1.29, 1.82) is 0 Å². The Balaban J connectivity index is 2.28. The van der Waals surface area contributed by atoms with E-state index >= 15 is 0 Å². The maximum Gasteiger partial charge on any atom is 0.259 e. The highest BCUT2D eigenvalue weighted by atomic mass is 16.5. The molecule has 0 saturated carbocycles. The summed E-state index contributed by atoms with van der Waals surface area (Å²) in [6.07, 6.45) is 0. The SMILES string of the molecule is COc1ccccc1NC(=O)c1cccc(C)c1O. The van der Waals surface area contributed by atoms with Gasteiger partial charge in [0.05, 0.1) is 18.4 Å². The number of hydrogen-bond acceptors (Lipinski definition) is 3. The van der Waals surface area contributed by atoms with E-state index in [-0.39, 0.29) is 17.2 Å². The molecular formula is C15H15NO3. The van der Waals surface area contributed by atoms with Crippen LogP contribution in [-0.4, -0.2) is 18.1 Å². The first-order valence-corrected chi connectivity index (χ1v) is 5.86. The molecule has 0 heterocycles. The van der Waals surface area contributed by atoms with E-state index in [1.54, 1.807) is 43.3 Å². The monoisotopic (exact) mass is 257 g/mol. The third kappa shape index (κ3) is 2.68. The number of benzene rings is 2. The smallest absolute Gasteiger partial charge is 0.259 e. The summed E-state index contributed by atoms with van der Waals surface area (Å²) in [4.78, 5) is 12.1. The van der Waals surface area contributed by atoms with Gasteiger partial charge in [-0.25, -0.2) is 0 Å². The van der Waals surface area contributed by atoms with Crippen LogP contribution in [0.15, 0.2) is 42.5 Å². The number of amides is 1. The van der Waals surface area contributed by atoms with Crippen molar-refractivity contribution in [2.45, 2.75) is 6.92 Å². The average Bonchev–Trinajstić information content (AvgIpc) is 2.42. The zero-order chi connectivity index (χ0) is 13.8. The number of phenolic OH excluding ortho intramolecular Hbond substituents is 1. The van der Waals surface area contributed by atoms with E-state index in [0.717, 1.165) is 0 Å². The zero-order valence-corrected chi connectivity index (χ0v) is 10.8. The summed E-state index contributed by atoms with van der Waals surface area (Å²) >= 11 is 0. The van der Waals surface area contributed by atoms with Crippen LogP contribution in [0.2, 0.25) is 0 Å². The number of carbonyl (C=O) groups excluding carboxylic acids is 1. The number of methoxy groups -OCH3 is 1. The van der Waals surface area contributed by atoms with Crippen molar-refractivity contribution in [3.05, 3.63) is 53.6 Å². The van der Waals surface area contributed by atoms with Crippen LogP contribution in [0.25, 0.3) is 0 Å². The molecule has 4 nitrogen and oxygen atoms in total. The Morgan fingerprint density at radius 2 is 1.89 bits per heavy atom. The van der Waals surface area contributed by atoms with Gasteiger partial charge in [0.25, 0.3) is 5.91 Å². The number of aryl methyl sites for hydroxylation is 1. The van der Waals surface area contributed by atoms with Gasteiger partial charge in [-0.05, 0) is 30.7 Å². The van der Waals surface area contributed by atoms with Gasteiger partial charge in [-0.3, -0.25) is 4.79 Å². The second-order valence-electron chi connectivity index (χ2n) is 4.13. The minimum absolute atomic E-state index is 0.00472. The Bertz CT molecular complexity index is 608. The maximum atomic E-state index is 12.1. The van der Waals surface area contributed by atoms with E-state index in [1.165, 1.54) is 7.11 Å². The van der Waals surface area contributed by atoms with Crippen molar-refractivity contribution in [1.82, 2.24) is 0 Å². The topological polar surface area (TPSA) is 58.6 Å². The van der Waals surface area contributed by atoms with Gasteiger partial charge in [-0.1, -0.05) is 24.3 Å². The Morgan fingerprint density at radius 3 is 2.63 bits per heavy atom. The molecule has 0 aromatic heterocycles. The molecule has 0 aliphatic rings. The lowest BCUT2D eigenvalue weighted by atomic mass is 10.1. The predicted octanol–water partition coefficient (Wildman–Crippen LogP) is 2.96. The maximum absolute atomic E-state index is 12.1. The molecule has 2 aromatic carbocycles. The Labute approximate surface area is 111 Å². The summed E-state index contributed by atoms with van der Waals surface area (Å²) in [7, 11) is 1.54. The van der Waals surface area contributed by atoms with Gasteiger partial charge in [0, 0.05) is 0 Å². The van der Waals surface area contributed by atoms with Crippen molar-refractivity contribution in [3.8, 4) is 11.5 Å². The van der Waals surface area contributed by atoms with Crippen LogP contribution in [0, 0.1) is 6.92 Å². The van der Waals surface area contributed by atoms with E-state index in [2.05, 4.69) is 5.32 Å². The van der Waals surface area contributed by atoms with E-state index in [0.29, 0.717) is 17.0 Å². The minimum atomic E-state index is -0.370. The number of aromatic hydroxyl groups is 1. The fourth-order valence-electron chi connectivity index (χ4n) is 1.78. The molecule has 0 saturated heterocycles. The molecule has 4 heteroatoms. The molecule has 0 aliphatic carbocycles. The number of rotatable bonds is 3. The van der Waals surface area contributed by atoms with Crippen molar-refractivity contribution in [2.24, 2.45) is 0 Å². The molecule has 0 aliphatic heterocycles. The lowest BCUT2D eigenvalue weighted by Crippen LogP contribution is -2.13. The standard InChI is InChI=1S/C15H15NO3/c1-10-6-5-7-11(14(10)17)15(18)16-12-8-3-4-9-13(12)19-2/h3-9,17H,1-2H3,(H,16,18). The molecule has 2 N–H and O–H groups in total. The first-order valence-electron chi connectivity index (χ1n) is 5.86. The van der Waals surface area contributed by atoms with Crippen LogP contribution in [0.5, 0.6) is 11.5 Å². The van der Waals surface area contributed by atoms with Crippen molar-refractivity contribution >= 4 is 11.6 Å². The molecule has 0 radical (unpaired) electrons. The van der Waals surface area contributed by atoms with Crippen LogP contribution < -0.4 is 10.1 Å². The van der Waals surface area contributed by atoms with Crippen LogP contribution >= 0.6 is 0 Å². The average molecular weight is 257 g/mol. The molecule has 0 bridgehead atoms. The normalized spacial score (nSPS) is 10.0. The van der Waals surface area contributed by atoms with Crippen molar-refractivity contribution < 1.29 is 14.6 Å². The molecule has 0 spiro atoms. The molecule has 0 fully saturated rings. The van der Waals surface area contributed by atoms with Gasteiger partial charge in [0.1, 0.15) is 11.5 Å². The third-order valence-corrected chi connectivity index (χ3v) is 2.84. The van der Waals surface area contributed by atoms with Crippen molar-refractivity contribution in [2.75, 3.05) is 12.4 Å². The molecule has 0 atom stereocenters. The Morgan fingerprint density at radius 1 is 1.16 bits per heavy atom. The highest BCUT2D eigenvalue weighted by Gasteiger charge is 2.14. The number of phenols is 1. The van der Waals surface area contributed by atoms with E-state index in [1.807, 2.05) is 6.07 Å². The van der Waals surface area contributed by atoms with Gasteiger partial charge in [0.2, 0.25) is 0 Å². The van der Waals surface area contributed by atoms with E-state index in [4.69, 9.17) is 4.74 Å². The number of para-hydroxylation sites is 3. The fraction of sp³-hybridized carbons (Fsp3) is 0.133. The van der Waals surface area contributed by atoms with Crippen molar-refractivity contribution in [3.63, 3.8) is 0 Å².